The molecule has 1 aliphatic rings. The summed E-state index contributed by atoms with van der Waals surface area (Å²) in [7, 11) is 0. The van der Waals surface area contributed by atoms with Gasteiger partial charge in [-0.2, -0.15) is 0 Å². The number of aryl methyl sites for hydroxylation is 1. The largest absolute Gasteiger partial charge is 0.453 e. The summed E-state index contributed by atoms with van der Waals surface area (Å²) in [5.74, 6) is 0.516. The van der Waals surface area contributed by atoms with Crippen LogP contribution in [0, 0.1) is 6.92 Å². The molecule has 0 atom stereocenters. The zero-order valence-corrected chi connectivity index (χ0v) is 21.1. The van der Waals surface area contributed by atoms with Gasteiger partial charge in [0.2, 0.25) is 5.43 Å². The lowest BCUT2D eigenvalue weighted by atomic mass is 9.71. The third-order valence-electron chi connectivity index (χ3n) is 6.69. The van der Waals surface area contributed by atoms with Crippen LogP contribution in [0.2, 0.25) is 0 Å². The number of amides is 1. The van der Waals surface area contributed by atoms with Crippen molar-refractivity contribution in [3.8, 4) is 22.5 Å². The van der Waals surface area contributed by atoms with Crippen molar-refractivity contribution < 1.29 is 13.9 Å². The number of alkyl carbamates (subject to hydrolysis) is 1. The number of carbonyl (C=O) groups excluding carboxylic acids is 1. The first-order chi connectivity index (χ1) is 17.2. The van der Waals surface area contributed by atoms with E-state index >= 15 is 0 Å². The number of fused-ring (bicyclic) bond motifs is 1. The maximum absolute atomic E-state index is 13.7. The summed E-state index contributed by atoms with van der Waals surface area (Å²) >= 11 is 0. The predicted molar refractivity (Wildman–Crippen MR) is 141 cm³/mol. The zero-order chi connectivity index (χ0) is 25.5. The molecule has 0 radical (unpaired) electrons. The Morgan fingerprint density at radius 1 is 1.00 bits per heavy atom. The van der Waals surface area contributed by atoms with Crippen molar-refractivity contribution in [1.82, 2.24) is 10.3 Å². The molecule has 0 saturated heterocycles. The number of pyridine rings is 1. The predicted octanol–water partition coefficient (Wildman–Crippen LogP) is 6.73. The van der Waals surface area contributed by atoms with Gasteiger partial charge in [-0.3, -0.25) is 9.78 Å². The van der Waals surface area contributed by atoms with Gasteiger partial charge in [0.1, 0.15) is 11.4 Å². The van der Waals surface area contributed by atoms with Crippen LogP contribution >= 0.6 is 0 Å². The number of aromatic nitrogens is 1. The van der Waals surface area contributed by atoms with E-state index < -0.39 is 17.2 Å². The molecule has 0 aliphatic heterocycles. The highest BCUT2D eigenvalue weighted by Gasteiger charge is 2.41. The van der Waals surface area contributed by atoms with Crippen LogP contribution in [-0.2, 0) is 10.3 Å². The molecule has 0 spiro atoms. The first-order valence-corrected chi connectivity index (χ1v) is 12.3. The third kappa shape index (κ3) is 4.39. The Bertz CT molecular complexity index is 1480. The summed E-state index contributed by atoms with van der Waals surface area (Å²) in [5.41, 5.74) is 3.13. The molecule has 2 heterocycles. The van der Waals surface area contributed by atoms with E-state index in [-0.39, 0.29) is 5.43 Å². The Hall–Kier alpha value is -3.93. The maximum atomic E-state index is 13.7. The topological polar surface area (TPSA) is 81.4 Å². The van der Waals surface area contributed by atoms with Crippen molar-refractivity contribution in [2.24, 2.45) is 0 Å². The molecule has 1 saturated carbocycles. The Labute approximate surface area is 210 Å². The fourth-order valence-corrected chi connectivity index (χ4v) is 4.78. The van der Waals surface area contributed by atoms with E-state index in [0.717, 1.165) is 36.0 Å². The Morgan fingerprint density at radius 3 is 2.31 bits per heavy atom. The van der Waals surface area contributed by atoms with Gasteiger partial charge < -0.3 is 14.5 Å². The van der Waals surface area contributed by atoms with Crippen molar-refractivity contribution in [2.75, 3.05) is 0 Å². The smallest absolute Gasteiger partial charge is 0.408 e. The molecule has 6 heteroatoms. The van der Waals surface area contributed by atoms with Gasteiger partial charge in [-0.1, -0.05) is 54.6 Å². The van der Waals surface area contributed by atoms with Crippen molar-refractivity contribution in [1.29, 1.82) is 0 Å². The molecular formula is C30H30N2O4. The summed E-state index contributed by atoms with van der Waals surface area (Å²) < 4.78 is 11.8. The van der Waals surface area contributed by atoms with Gasteiger partial charge in [0.25, 0.3) is 0 Å². The second-order valence-electron chi connectivity index (χ2n) is 10.4. The molecule has 2 aromatic carbocycles. The van der Waals surface area contributed by atoms with Gasteiger partial charge in [-0.15, -0.1) is 0 Å². The monoisotopic (exact) mass is 482 g/mol. The number of hydrogen-bond donors (Lipinski definition) is 1. The van der Waals surface area contributed by atoms with Gasteiger partial charge >= 0.3 is 6.09 Å². The minimum atomic E-state index is -0.565. The minimum Gasteiger partial charge on any atom is -0.453 e. The lowest BCUT2D eigenvalue weighted by Gasteiger charge is -2.43. The van der Waals surface area contributed by atoms with Gasteiger partial charge in [-0.25, -0.2) is 4.79 Å². The minimum absolute atomic E-state index is 0.0985. The Morgan fingerprint density at radius 2 is 1.69 bits per heavy atom. The normalized spacial score (nSPS) is 14.8. The maximum Gasteiger partial charge on any atom is 0.408 e. The second kappa shape index (κ2) is 8.94. The number of nitrogens with zero attached hydrogens (tertiary/aromatic N) is 1. The molecule has 0 bridgehead atoms. The van der Waals surface area contributed by atoms with E-state index in [1.165, 1.54) is 0 Å². The Kier molecular flexibility index (Phi) is 5.91. The third-order valence-corrected chi connectivity index (χ3v) is 6.69. The molecule has 36 heavy (non-hydrogen) atoms. The summed E-state index contributed by atoms with van der Waals surface area (Å²) in [6.45, 7) is 7.40. The van der Waals surface area contributed by atoms with Crippen LogP contribution in [0.25, 0.3) is 33.4 Å². The lowest BCUT2D eigenvalue weighted by Crippen LogP contribution is -2.52. The number of benzene rings is 2. The second-order valence-corrected chi connectivity index (χ2v) is 10.4. The highest BCUT2D eigenvalue weighted by molar-refractivity contribution is 5.89. The van der Waals surface area contributed by atoms with Gasteiger partial charge in [0.15, 0.2) is 5.58 Å². The fourth-order valence-electron chi connectivity index (χ4n) is 4.78. The van der Waals surface area contributed by atoms with E-state index in [4.69, 9.17) is 9.15 Å². The van der Waals surface area contributed by atoms with Gasteiger partial charge in [-0.05, 0) is 64.2 Å². The van der Waals surface area contributed by atoms with Crippen molar-refractivity contribution in [2.45, 2.75) is 58.1 Å². The molecule has 2 aromatic heterocycles. The fraction of sp³-hybridized carbons (Fsp3) is 0.300. The number of rotatable bonds is 4. The zero-order valence-electron chi connectivity index (χ0n) is 21.1. The number of ether oxygens (including phenoxy) is 1. The van der Waals surface area contributed by atoms with Crippen LogP contribution in [0.15, 0.2) is 76.1 Å². The summed E-state index contributed by atoms with van der Waals surface area (Å²) in [5, 5.41) is 3.60. The molecule has 1 N–H and O–H groups in total. The number of hydrogen-bond acceptors (Lipinski definition) is 5. The molecular weight excluding hydrogens is 452 g/mol. The molecule has 1 aliphatic carbocycles. The first-order valence-electron chi connectivity index (χ1n) is 12.3. The lowest BCUT2D eigenvalue weighted by molar-refractivity contribution is 0.0377. The highest BCUT2D eigenvalue weighted by Crippen LogP contribution is 2.42. The SMILES string of the molecule is Cc1nccc2c(=O)c(-c3ccc(C4(NC(=O)OC(C)(C)C)CCC4)cc3)c(-c3ccccc3)oc12. The number of nitrogens with one attached hydrogen (secondary N) is 1. The molecule has 1 fully saturated rings. The Balaban J connectivity index is 1.58. The van der Waals surface area contributed by atoms with E-state index in [2.05, 4.69) is 10.3 Å². The summed E-state index contributed by atoms with van der Waals surface area (Å²) in [6, 6.07) is 19.2. The van der Waals surface area contributed by atoms with Crippen LogP contribution in [-0.4, -0.2) is 16.7 Å². The van der Waals surface area contributed by atoms with Crippen molar-refractivity contribution in [3.63, 3.8) is 0 Å². The first kappa shape index (κ1) is 23.8. The van der Waals surface area contributed by atoms with Gasteiger partial charge in [0.05, 0.1) is 22.2 Å². The van der Waals surface area contributed by atoms with Crippen LogP contribution in [0.1, 0.15) is 51.3 Å². The van der Waals surface area contributed by atoms with Crippen molar-refractivity contribution in [3.05, 3.63) is 88.3 Å². The molecule has 1 amide bonds. The average molecular weight is 483 g/mol. The van der Waals surface area contributed by atoms with Crippen LogP contribution in [0.5, 0.6) is 0 Å². The quantitative estimate of drug-likeness (QED) is 0.349. The van der Waals surface area contributed by atoms with Crippen LogP contribution in [0.3, 0.4) is 0 Å². The standard InChI is InChI=1S/C30H30N2O4/c1-19-26-23(15-18-31-19)25(33)24(27(35-26)21-9-6-5-7-10-21)20-11-13-22(14-12-20)30(16-8-17-30)32-28(34)36-29(2,3)4/h5-7,9-15,18H,8,16-17H2,1-4H3,(H,32,34). The van der Waals surface area contributed by atoms with E-state index in [1.807, 2.05) is 82.3 Å². The molecule has 184 valence electrons. The van der Waals surface area contributed by atoms with Crippen LogP contribution in [0.4, 0.5) is 4.79 Å². The molecule has 6 nitrogen and oxygen atoms in total. The van der Waals surface area contributed by atoms with E-state index in [9.17, 15) is 9.59 Å². The highest BCUT2D eigenvalue weighted by atomic mass is 16.6. The summed E-state index contributed by atoms with van der Waals surface area (Å²) in [6.07, 6.45) is 3.91. The molecule has 0 unspecified atom stereocenters. The van der Waals surface area contributed by atoms with E-state index in [0.29, 0.717) is 28.0 Å². The summed E-state index contributed by atoms with van der Waals surface area (Å²) in [4.78, 5) is 30.6. The van der Waals surface area contributed by atoms with E-state index in [1.54, 1.807) is 12.3 Å². The van der Waals surface area contributed by atoms with Gasteiger partial charge in [0, 0.05) is 11.8 Å². The molecule has 5 rings (SSSR count). The van der Waals surface area contributed by atoms with Crippen molar-refractivity contribution >= 4 is 17.1 Å². The molecule has 4 aromatic rings. The number of carbonyl (C=O) groups is 1. The average Bonchev–Trinajstić information content (AvgIpc) is 2.82. The van der Waals surface area contributed by atoms with Crippen LogP contribution < -0.4 is 10.7 Å².